The standard InChI is InChI=1S/C35H26ClNO5/c1-41-27-16-12-22(19-28(27)42-2)30-31(32(38)20-8-4-3-5-9-20)37-26-15-14-23(36)18-21(26)13-17-29(37)35(30)33(39)24-10-6-7-11-25(24)34(35)40/h3-19,29-31H,1-2H3/t29-,30-,31+/m0/s1. The minimum Gasteiger partial charge on any atom is -0.493 e. The van der Waals surface area contributed by atoms with E-state index in [4.69, 9.17) is 21.1 Å². The van der Waals surface area contributed by atoms with Crippen molar-refractivity contribution in [2.45, 2.75) is 18.0 Å². The van der Waals surface area contributed by atoms with E-state index in [0.29, 0.717) is 38.8 Å². The van der Waals surface area contributed by atoms with Crippen molar-refractivity contribution >= 4 is 40.7 Å². The molecule has 0 unspecified atom stereocenters. The maximum atomic E-state index is 14.7. The van der Waals surface area contributed by atoms with Crippen molar-refractivity contribution in [1.29, 1.82) is 0 Å². The van der Waals surface area contributed by atoms with Crippen LogP contribution in [-0.4, -0.2) is 43.7 Å². The molecule has 3 aliphatic rings. The molecule has 3 atom stereocenters. The number of methoxy groups -OCH3 is 2. The molecule has 6 nitrogen and oxygen atoms in total. The molecule has 2 aliphatic heterocycles. The number of Topliss-reactive ketones (excluding diaryl/α,β-unsaturated/α-hetero) is 3. The van der Waals surface area contributed by atoms with E-state index in [9.17, 15) is 14.4 Å². The average molecular weight is 576 g/mol. The van der Waals surface area contributed by atoms with Crippen molar-refractivity contribution in [2.24, 2.45) is 5.41 Å². The van der Waals surface area contributed by atoms with E-state index in [1.54, 1.807) is 61.7 Å². The van der Waals surface area contributed by atoms with Crippen molar-refractivity contribution < 1.29 is 23.9 Å². The number of benzene rings is 4. The highest BCUT2D eigenvalue weighted by molar-refractivity contribution is 6.32. The number of fused-ring (bicyclic) bond motifs is 5. The number of anilines is 1. The van der Waals surface area contributed by atoms with E-state index in [0.717, 1.165) is 11.3 Å². The summed E-state index contributed by atoms with van der Waals surface area (Å²) in [5.41, 5.74) is 1.81. The summed E-state index contributed by atoms with van der Waals surface area (Å²) in [7, 11) is 3.08. The van der Waals surface area contributed by atoms with Crippen LogP contribution in [0.25, 0.3) is 6.08 Å². The molecule has 1 aliphatic carbocycles. The van der Waals surface area contributed by atoms with E-state index in [2.05, 4.69) is 0 Å². The second-order valence-electron chi connectivity index (χ2n) is 10.8. The molecule has 7 rings (SSSR count). The smallest absolute Gasteiger partial charge is 0.185 e. The largest absolute Gasteiger partial charge is 0.493 e. The van der Waals surface area contributed by atoms with Crippen LogP contribution in [0.2, 0.25) is 5.02 Å². The Morgan fingerprint density at radius 1 is 0.810 bits per heavy atom. The number of ketones is 3. The summed E-state index contributed by atoms with van der Waals surface area (Å²) in [5.74, 6) is -0.673. The minimum absolute atomic E-state index is 0.190. The first-order chi connectivity index (χ1) is 20.4. The summed E-state index contributed by atoms with van der Waals surface area (Å²) < 4.78 is 11.1. The summed E-state index contributed by atoms with van der Waals surface area (Å²) in [6.07, 6.45) is 3.78. The average Bonchev–Trinajstić information content (AvgIpc) is 3.46. The second-order valence-corrected chi connectivity index (χ2v) is 11.2. The Labute approximate surface area is 248 Å². The number of carbonyl (C=O) groups excluding carboxylic acids is 3. The summed E-state index contributed by atoms with van der Waals surface area (Å²) >= 11 is 6.38. The SMILES string of the molecule is COc1ccc([C@H]2[C@H](C(=O)c3ccccc3)N3c4ccc(Cl)cc4C=C[C@H]3C23C(=O)c2ccccc2C3=O)cc1OC. The Morgan fingerprint density at radius 2 is 1.48 bits per heavy atom. The van der Waals surface area contributed by atoms with Gasteiger partial charge >= 0.3 is 0 Å². The third-order valence-electron chi connectivity index (χ3n) is 8.86. The quantitative estimate of drug-likeness (QED) is 0.195. The highest BCUT2D eigenvalue weighted by atomic mass is 35.5. The first-order valence-corrected chi connectivity index (χ1v) is 14.1. The summed E-state index contributed by atoms with van der Waals surface area (Å²) in [4.78, 5) is 46.2. The Morgan fingerprint density at radius 3 is 2.14 bits per heavy atom. The molecule has 1 spiro atoms. The molecule has 0 saturated carbocycles. The van der Waals surface area contributed by atoms with E-state index in [-0.39, 0.29) is 17.3 Å². The third-order valence-corrected chi connectivity index (χ3v) is 9.09. The molecule has 0 N–H and O–H groups in total. The van der Waals surface area contributed by atoms with Crippen LogP contribution in [0.1, 0.15) is 48.1 Å². The summed E-state index contributed by atoms with van der Waals surface area (Å²) in [6, 6.07) is 25.1. The first kappa shape index (κ1) is 26.2. The van der Waals surface area contributed by atoms with Gasteiger partial charge in [0.05, 0.1) is 20.3 Å². The highest BCUT2D eigenvalue weighted by Gasteiger charge is 2.71. The fraction of sp³-hybridized carbons (Fsp3) is 0.171. The van der Waals surface area contributed by atoms with Crippen LogP contribution in [-0.2, 0) is 0 Å². The lowest BCUT2D eigenvalue weighted by Gasteiger charge is -2.37. The van der Waals surface area contributed by atoms with E-state index < -0.39 is 23.4 Å². The molecular weight excluding hydrogens is 550 g/mol. The van der Waals surface area contributed by atoms with Crippen molar-refractivity contribution in [3.8, 4) is 11.5 Å². The van der Waals surface area contributed by atoms with E-state index in [1.807, 2.05) is 53.5 Å². The third kappa shape index (κ3) is 3.48. The van der Waals surface area contributed by atoms with Crippen molar-refractivity contribution in [1.82, 2.24) is 0 Å². The van der Waals surface area contributed by atoms with Gasteiger partial charge in [-0.2, -0.15) is 0 Å². The molecule has 0 radical (unpaired) electrons. The van der Waals surface area contributed by atoms with Gasteiger partial charge in [-0.3, -0.25) is 14.4 Å². The zero-order valence-corrected chi connectivity index (χ0v) is 23.7. The number of hydrogen-bond donors (Lipinski definition) is 0. The number of nitrogens with zero attached hydrogens (tertiary/aromatic N) is 1. The van der Waals surface area contributed by atoms with Crippen LogP contribution in [0.3, 0.4) is 0 Å². The van der Waals surface area contributed by atoms with Crippen LogP contribution < -0.4 is 14.4 Å². The lowest BCUT2D eigenvalue weighted by Crippen LogP contribution is -2.48. The van der Waals surface area contributed by atoms with Gasteiger partial charge in [-0.05, 0) is 41.5 Å². The van der Waals surface area contributed by atoms with Crippen LogP contribution in [0, 0.1) is 5.41 Å². The van der Waals surface area contributed by atoms with Gasteiger partial charge in [0.1, 0.15) is 11.5 Å². The second kappa shape index (κ2) is 9.71. The number of carbonyl (C=O) groups is 3. The van der Waals surface area contributed by atoms with Crippen LogP contribution in [0.5, 0.6) is 11.5 Å². The fourth-order valence-electron chi connectivity index (χ4n) is 7.14. The number of rotatable bonds is 5. The molecule has 1 saturated heterocycles. The Kier molecular flexibility index (Phi) is 6.06. The number of ether oxygens (including phenoxy) is 2. The number of halogens is 1. The summed E-state index contributed by atoms with van der Waals surface area (Å²) in [5, 5.41) is 0.550. The maximum Gasteiger partial charge on any atom is 0.185 e. The van der Waals surface area contributed by atoms with Gasteiger partial charge in [-0.15, -0.1) is 0 Å². The van der Waals surface area contributed by atoms with Gasteiger partial charge in [-0.1, -0.05) is 84.4 Å². The molecule has 1 fully saturated rings. The lowest BCUT2D eigenvalue weighted by atomic mass is 9.64. The van der Waals surface area contributed by atoms with Crippen LogP contribution in [0.15, 0.2) is 97.1 Å². The fourth-order valence-corrected chi connectivity index (χ4v) is 7.32. The van der Waals surface area contributed by atoms with Gasteiger partial charge in [-0.25, -0.2) is 0 Å². The van der Waals surface area contributed by atoms with E-state index >= 15 is 0 Å². The topological polar surface area (TPSA) is 72.9 Å². The summed E-state index contributed by atoms with van der Waals surface area (Å²) in [6.45, 7) is 0. The lowest BCUT2D eigenvalue weighted by molar-refractivity contribution is 0.0665. The first-order valence-electron chi connectivity index (χ1n) is 13.7. The minimum atomic E-state index is -1.60. The maximum absolute atomic E-state index is 14.7. The van der Waals surface area contributed by atoms with Crippen molar-refractivity contribution in [3.05, 3.63) is 130 Å². The van der Waals surface area contributed by atoms with Crippen molar-refractivity contribution in [3.63, 3.8) is 0 Å². The molecule has 0 aromatic heterocycles. The normalized spacial score (nSPS) is 21.2. The van der Waals surface area contributed by atoms with Gasteiger partial charge < -0.3 is 14.4 Å². The zero-order chi connectivity index (χ0) is 29.2. The van der Waals surface area contributed by atoms with Gasteiger partial charge in [0.15, 0.2) is 28.8 Å². The molecule has 0 bridgehead atoms. The van der Waals surface area contributed by atoms with Crippen molar-refractivity contribution in [2.75, 3.05) is 19.1 Å². The van der Waals surface area contributed by atoms with Gasteiger partial charge in [0, 0.05) is 33.3 Å². The molecule has 208 valence electrons. The molecule has 4 aromatic rings. The van der Waals surface area contributed by atoms with Gasteiger partial charge in [0.2, 0.25) is 0 Å². The van der Waals surface area contributed by atoms with Crippen LogP contribution >= 0.6 is 11.6 Å². The predicted octanol–water partition coefficient (Wildman–Crippen LogP) is 6.67. The Balaban J connectivity index is 1.56. The van der Waals surface area contributed by atoms with Gasteiger partial charge in [0.25, 0.3) is 0 Å². The van der Waals surface area contributed by atoms with Crippen LogP contribution in [0.4, 0.5) is 5.69 Å². The molecular formula is C35H26ClNO5. The highest BCUT2D eigenvalue weighted by Crippen LogP contribution is 2.61. The molecule has 2 heterocycles. The monoisotopic (exact) mass is 575 g/mol. The number of hydrogen-bond acceptors (Lipinski definition) is 6. The molecule has 42 heavy (non-hydrogen) atoms. The zero-order valence-electron chi connectivity index (χ0n) is 22.9. The predicted molar refractivity (Wildman–Crippen MR) is 161 cm³/mol. The Bertz CT molecular complexity index is 1780. The Hall–Kier alpha value is -4.68. The molecule has 4 aromatic carbocycles. The molecule has 7 heteroatoms. The van der Waals surface area contributed by atoms with E-state index in [1.165, 1.54) is 7.11 Å². The molecule has 0 amide bonds.